The lowest BCUT2D eigenvalue weighted by Gasteiger charge is -2.30. The van der Waals surface area contributed by atoms with Crippen LogP contribution in [0.4, 0.5) is 0 Å². The molecule has 0 aromatic rings. The first kappa shape index (κ1) is 15.2. The van der Waals surface area contributed by atoms with Gasteiger partial charge in [0.1, 0.15) is 12.2 Å². The Morgan fingerprint density at radius 2 is 1.32 bits per heavy atom. The summed E-state index contributed by atoms with van der Waals surface area (Å²) >= 11 is 0. The highest BCUT2D eigenvalue weighted by Crippen LogP contribution is 2.47. The molecular weight excluding hydrogens is 252 g/mol. The molecule has 4 N–H and O–H groups in total. The number of rotatable bonds is 8. The van der Waals surface area contributed by atoms with Crippen molar-refractivity contribution in [2.75, 3.05) is 26.4 Å². The van der Waals surface area contributed by atoms with Crippen LogP contribution in [-0.4, -0.2) is 71.3 Å². The summed E-state index contributed by atoms with van der Waals surface area (Å²) in [5, 5.41) is 36.1. The van der Waals surface area contributed by atoms with Crippen LogP contribution in [-0.2, 0) is 9.47 Å². The lowest BCUT2D eigenvalue weighted by Crippen LogP contribution is -2.36. The average molecular weight is 276 g/mol. The third kappa shape index (κ3) is 3.87. The fourth-order valence-corrected chi connectivity index (χ4v) is 3.18. The second kappa shape index (κ2) is 6.97. The van der Waals surface area contributed by atoms with Crippen LogP contribution < -0.4 is 0 Å². The van der Waals surface area contributed by atoms with Gasteiger partial charge in [-0.15, -0.1) is 0 Å². The van der Waals surface area contributed by atoms with Gasteiger partial charge in [0.25, 0.3) is 0 Å². The zero-order valence-electron chi connectivity index (χ0n) is 11.0. The summed E-state index contributed by atoms with van der Waals surface area (Å²) in [4.78, 5) is 0. The zero-order chi connectivity index (χ0) is 13.8. The molecule has 6 heteroatoms. The molecule has 6 nitrogen and oxygen atoms in total. The van der Waals surface area contributed by atoms with Crippen molar-refractivity contribution in [1.82, 2.24) is 0 Å². The number of hydrogen-bond donors (Lipinski definition) is 4. The first-order chi connectivity index (χ1) is 9.13. The van der Waals surface area contributed by atoms with Crippen molar-refractivity contribution in [2.24, 2.45) is 11.8 Å². The van der Waals surface area contributed by atoms with Gasteiger partial charge < -0.3 is 29.9 Å². The largest absolute Gasteiger partial charge is 0.394 e. The van der Waals surface area contributed by atoms with Crippen molar-refractivity contribution in [1.29, 1.82) is 0 Å². The van der Waals surface area contributed by atoms with Crippen LogP contribution in [0.2, 0.25) is 0 Å². The van der Waals surface area contributed by atoms with Gasteiger partial charge in [-0.1, -0.05) is 0 Å². The topological polar surface area (TPSA) is 99.4 Å². The fraction of sp³-hybridized carbons (Fsp3) is 1.00. The van der Waals surface area contributed by atoms with Crippen molar-refractivity contribution < 1.29 is 29.9 Å². The third-order valence-electron chi connectivity index (χ3n) is 4.12. The summed E-state index contributed by atoms with van der Waals surface area (Å²) in [7, 11) is 0. The first-order valence-corrected chi connectivity index (χ1v) is 6.95. The van der Waals surface area contributed by atoms with E-state index in [1.165, 1.54) is 0 Å². The lowest BCUT2D eigenvalue weighted by atomic mass is 9.94. The molecule has 0 heterocycles. The SMILES string of the molecule is OCC(O)COC1CC2CC(OCC(O)CO)C1C2. The average Bonchev–Trinajstić information content (AvgIpc) is 3.01. The minimum atomic E-state index is -0.824. The number of aliphatic hydroxyl groups is 4. The number of hydrogen-bond acceptors (Lipinski definition) is 6. The van der Waals surface area contributed by atoms with Crippen LogP contribution in [0.25, 0.3) is 0 Å². The van der Waals surface area contributed by atoms with E-state index in [9.17, 15) is 10.2 Å². The van der Waals surface area contributed by atoms with Crippen molar-refractivity contribution in [3.8, 4) is 0 Å². The molecule has 0 aromatic carbocycles. The van der Waals surface area contributed by atoms with Gasteiger partial charge in [-0.05, 0) is 25.2 Å². The monoisotopic (exact) mass is 276 g/mol. The Labute approximate surface area is 113 Å². The van der Waals surface area contributed by atoms with Crippen LogP contribution in [0, 0.1) is 11.8 Å². The maximum atomic E-state index is 9.30. The summed E-state index contributed by atoms with van der Waals surface area (Å²) < 4.78 is 11.3. The Hall–Kier alpha value is -0.240. The van der Waals surface area contributed by atoms with E-state index in [-0.39, 0.29) is 38.6 Å². The first-order valence-electron chi connectivity index (χ1n) is 6.95. The van der Waals surface area contributed by atoms with E-state index < -0.39 is 12.2 Å². The molecule has 4 unspecified atom stereocenters. The van der Waals surface area contributed by atoms with Crippen LogP contribution in [0.1, 0.15) is 19.3 Å². The van der Waals surface area contributed by atoms with Crippen molar-refractivity contribution in [3.05, 3.63) is 0 Å². The van der Waals surface area contributed by atoms with Crippen molar-refractivity contribution in [3.63, 3.8) is 0 Å². The Morgan fingerprint density at radius 3 is 1.68 bits per heavy atom. The quantitative estimate of drug-likeness (QED) is 0.449. The van der Waals surface area contributed by atoms with E-state index in [0.717, 1.165) is 19.3 Å². The smallest absolute Gasteiger partial charge is 0.100 e. The molecule has 0 aromatic heterocycles. The van der Waals surface area contributed by atoms with Gasteiger partial charge in [-0.25, -0.2) is 0 Å². The minimum absolute atomic E-state index is 0.0659. The van der Waals surface area contributed by atoms with E-state index in [1.54, 1.807) is 0 Å². The highest BCUT2D eigenvalue weighted by molar-refractivity contribution is 4.97. The van der Waals surface area contributed by atoms with Crippen molar-refractivity contribution in [2.45, 2.75) is 43.7 Å². The summed E-state index contributed by atoms with van der Waals surface area (Å²) in [5.41, 5.74) is 0. The van der Waals surface area contributed by atoms with Crippen LogP contribution in [0.3, 0.4) is 0 Å². The Morgan fingerprint density at radius 1 is 0.842 bits per heavy atom. The molecule has 2 bridgehead atoms. The van der Waals surface area contributed by atoms with Gasteiger partial charge in [0, 0.05) is 5.92 Å². The minimum Gasteiger partial charge on any atom is -0.394 e. The summed E-state index contributed by atoms with van der Waals surface area (Å²) in [6.45, 7) is -0.278. The molecule has 0 spiro atoms. The molecular formula is C13H24O6. The molecule has 2 fully saturated rings. The van der Waals surface area contributed by atoms with E-state index in [1.807, 2.05) is 0 Å². The third-order valence-corrected chi connectivity index (χ3v) is 4.12. The predicted octanol–water partition coefficient (Wildman–Crippen LogP) is -1.11. The Balaban J connectivity index is 1.75. The molecule has 0 radical (unpaired) electrons. The van der Waals surface area contributed by atoms with Gasteiger partial charge in [-0.3, -0.25) is 0 Å². The van der Waals surface area contributed by atoms with E-state index in [0.29, 0.717) is 11.8 Å². The molecule has 4 atom stereocenters. The van der Waals surface area contributed by atoms with Crippen LogP contribution >= 0.6 is 0 Å². The molecule has 2 aliphatic carbocycles. The lowest BCUT2D eigenvalue weighted by molar-refractivity contribution is -0.0997. The summed E-state index contributed by atoms with van der Waals surface area (Å²) in [6.07, 6.45) is 1.49. The highest BCUT2D eigenvalue weighted by atomic mass is 16.5. The van der Waals surface area contributed by atoms with Crippen molar-refractivity contribution >= 4 is 0 Å². The van der Waals surface area contributed by atoms with Gasteiger partial charge in [0.15, 0.2) is 0 Å². The molecule has 0 aliphatic heterocycles. The second-order valence-electron chi connectivity index (χ2n) is 5.65. The number of fused-ring (bicyclic) bond motifs is 2. The molecule has 2 saturated carbocycles. The summed E-state index contributed by atoms with van der Waals surface area (Å²) in [6, 6.07) is 0. The molecule has 19 heavy (non-hydrogen) atoms. The van der Waals surface area contributed by atoms with E-state index in [2.05, 4.69) is 0 Å². The summed E-state index contributed by atoms with van der Waals surface area (Å²) in [5.74, 6) is 0.874. The molecule has 0 saturated heterocycles. The second-order valence-corrected chi connectivity index (χ2v) is 5.65. The van der Waals surface area contributed by atoms with Gasteiger partial charge in [0.05, 0.1) is 38.6 Å². The molecule has 112 valence electrons. The predicted molar refractivity (Wildman–Crippen MR) is 66.5 cm³/mol. The maximum Gasteiger partial charge on any atom is 0.100 e. The maximum absolute atomic E-state index is 9.30. The number of ether oxygens (including phenoxy) is 2. The Kier molecular flexibility index (Phi) is 5.56. The van der Waals surface area contributed by atoms with Gasteiger partial charge in [-0.2, -0.15) is 0 Å². The fourth-order valence-electron chi connectivity index (χ4n) is 3.18. The highest BCUT2D eigenvalue weighted by Gasteiger charge is 2.47. The molecule has 0 amide bonds. The normalized spacial score (nSPS) is 36.6. The zero-order valence-corrected chi connectivity index (χ0v) is 11.0. The van der Waals surface area contributed by atoms with Crippen LogP contribution in [0.5, 0.6) is 0 Å². The van der Waals surface area contributed by atoms with Crippen LogP contribution in [0.15, 0.2) is 0 Å². The molecule has 2 rings (SSSR count). The van der Waals surface area contributed by atoms with E-state index in [4.69, 9.17) is 19.7 Å². The van der Waals surface area contributed by atoms with E-state index >= 15 is 0 Å². The molecule has 2 aliphatic rings. The number of aliphatic hydroxyl groups excluding tert-OH is 4. The van der Waals surface area contributed by atoms with Gasteiger partial charge >= 0.3 is 0 Å². The Bertz CT molecular complexity index is 250. The standard InChI is InChI=1S/C13H24O6/c14-4-9(16)6-18-12-2-8-1-11(12)13(3-8)19-7-10(17)5-15/h8-17H,1-7H2. The van der Waals surface area contributed by atoms with Gasteiger partial charge in [0.2, 0.25) is 0 Å².